The van der Waals surface area contributed by atoms with Crippen molar-refractivity contribution in [2.75, 3.05) is 33.0 Å². The molecule has 0 aliphatic rings. The fourth-order valence-corrected chi connectivity index (χ4v) is 8.65. The van der Waals surface area contributed by atoms with E-state index in [2.05, 4.69) is 36.9 Å². The molecule has 424 valence electrons. The number of nitrogens with zero attached hydrogens (tertiary/aromatic N) is 3. The Morgan fingerprint density at radius 1 is 0.818 bits per heavy atom. The van der Waals surface area contributed by atoms with E-state index in [1.54, 1.807) is 82.9 Å². The highest BCUT2D eigenvalue weighted by molar-refractivity contribution is 7.09. The van der Waals surface area contributed by atoms with E-state index in [9.17, 15) is 53.4 Å². The van der Waals surface area contributed by atoms with Crippen molar-refractivity contribution in [2.45, 2.75) is 150 Å². The van der Waals surface area contributed by atoms with E-state index < -0.39 is 90.1 Å². The molecule has 0 radical (unpaired) electrons. The second-order valence-electron chi connectivity index (χ2n) is 20.5. The molecular formula is C54H79N9O13S. The van der Waals surface area contributed by atoms with Crippen LogP contribution in [0.2, 0.25) is 0 Å². The summed E-state index contributed by atoms with van der Waals surface area (Å²) in [6.07, 6.45) is -1.39. The van der Waals surface area contributed by atoms with E-state index in [0.29, 0.717) is 12.0 Å². The van der Waals surface area contributed by atoms with Gasteiger partial charge in [-0.2, -0.15) is 0 Å². The molecule has 77 heavy (non-hydrogen) atoms. The number of aromatic nitrogens is 1. The number of carboxylic acids is 1. The maximum atomic E-state index is 14.3. The van der Waals surface area contributed by atoms with Crippen LogP contribution in [-0.2, 0) is 56.1 Å². The summed E-state index contributed by atoms with van der Waals surface area (Å²) in [5, 5.41) is 37.8. The first kappa shape index (κ1) is 64.1. The number of hydrogen-bond donors (Lipinski definition) is 8. The van der Waals surface area contributed by atoms with E-state index in [1.807, 2.05) is 33.8 Å². The van der Waals surface area contributed by atoms with Crippen LogP contribution in [0.15, 0.2) is 53.9 Å². The zero-order valence-electron chi connectivity index (χ0n) is 46.5. The quantitative estimate of drug-likeness (QED) is 0.0338. The van der Waals surface area contributed by atoms with Gasteiger partial charge in [0.15, 0.2) is 6.10 Å². The van der Waals surface area contributed by atoms with Crippen LogP contribution in [0.3, 0.4) is 0 Å². The number of esters is 1. The molecule has 0 saturated carbocycles. The minimum absolute atomic E-state index is 0.0136. The van der Waals surface area contributed by atoms with Crippen LogP contribution in [0.4, 0.5) is 10.5 Å². The SMILES string of the molecule is CC[C@H](C)[C@H](NC(=O)C(C)(C)N(C)C)C(=O)N(C)[C@H](C[C@@H](OC(C)=O)c1nc(C(=O)N[C@H](CCC(=O)O)Cc2ccc(O)c(NC(=O)CNC(=O)[C@H](C)NC(=O)[C@@H](NC(=O)OCc3ccccc3)C(C)C)c2)cs1)C(C)C. The Hall–Kier alpha value is -7.14. The average molecular weight is 1090 g/mol. The first-order chi connectivity index (χ1) is 36.0. The smallest absolute Gasteiger partial charge is 0.408 e. The van der Waals surface area contributed by atoms with E-state index in [1.165, 1.54) is 37.4 Å². The van der Waals surface area contributed by atoms with Gasteiger partial charge in [0.25, 0.3) is 5.91 Å². The molecule has 7 atom stereocenters. The van der Waals surface area contributed by atoms with E-state index >= 15 is 0 Å². The fraction of sp³-hybridized carbons (Fsp3) is 0.556. The number of thiazole rings is 1. The maximum Gasteiger partial charge on any atom is 0.408 e. The second-order valence-corrected chi connectivity index (χ2v) is 21.4. The number of nitrogens with one attached hydrogen (secondary N) is 6. The van der Waals surface area contributed by atoms with Gasteiger partial charge in [-0.05, 0) is 88.7 Å². The van der Waals surface area contributed by atoms with Crippen molar-refractivity contribution in [1.82, 2.24) is 41.4 Å². The zero-order valence-corrected chi connectivity index (χ0v) is 47.3. The summed E-state index contributed by atoms with van der Waals surface area (Å²) < 4.78 is 11.0. The van der Waals surface area contributed by atoms with Crippen LogP contribution in [-0.4, -0.2) is 142 Å². The Kier molecular flexibility index (Phi) is 25.0. The van der Waals surface area contributed by atoms with Crippen molar-refractivity contribution in [3.05, 3.63) is 75.7 Å². The number of carbonyl (C=O) groups is 9. The largest absolute Gasteiger partial charge is 0.506 e. The summed E-state index contributed by atoms with van der Waals surface area (Å²) in [5.74, 6) is -6.21. The third-order valence-electron chi connectivity index (χ3n) is 13.3. The highest BCUT2D eigenvalue weighted by Crippen LogP contribution is 2.32. The molecule has 3 rings (SSSR count). The molecular weight excluding hydrogens is 1010 g/mol. The number of amides is 7. The lowest BCUT2D eigenvalue weighted by atomic mass is 9.92. The molecule has 0 unspecified atom stereocenters. The predicted molar refractivity (Wildman–Crippen MR) is 289 cm³/mol. The number of phenolic OH excluding ortho intramolecular Hbond substituents is 1. The summed E-state index contributed by atoms with van der Waals surface area (Å²) in [7, 11) is 5.21. The van der Waals surface area contributed by atoms with Crippen molar-refractivity contribution in [1.29, 1.82) is 0 Å². The van der Waals surface area contributed by atoms with E-state index in [0.717, 1.165) is 16.9 Å². The molecule has 0 aliphatic carbocycles. The molecule has 7 amide bonds. The number of anilines is 1. The van der Waals surface area contributed by atoms with Gasteiger partial charge in [-0.3, -0.25) is 43.3 Å². The molecule has 23 heteroatoms. The number of phenols is 1. The van der Waals surface area contributed by atoms with Gasteiger partial charge in [0.05, 0.1) is 17.8 Å². The maximum absolute atomic E-state index is 14.3. The number of benzene rings is 2. The van der Waals surface area contributed by atoms with Crippen molar-refractivity contribution < 1.29 is 62.8 Å². The van der Waals surface area contributed by atoms with Gasteiger partial charge in [-0.1, -0.05) is 84.4 Å². The van der Waals surface area contributed by atoms with Gasteiger partial charge < -0.3 is 56.5 Å². The van der Waals surface area contributed by atoms with Gasteiger partial charge in [0, 0.05) is 44.3 Å². The van der Waals surface area contributed by atoms with E-state index in [-0.39, 0.29) is 84.0 Å². The Morgan fingerprint density at radius 2 is 1.48 bits per heavy atom. The lowest BCUT2D eigenvalue weighted by Gasteiger charge is -2.38. The molecule has 2 aromatic carbocycles. The second kappa shape index (κ2) is 30.0. The number of carboxylic acid groups (broad SMARTS) is 1. The molecule has 8 N–H and O–H groups in total. The minimum Gasteiger partial charge on any atom is -0.506 e. The number of carbonyl (C=O) groups excluding carboxylic acids is 8. The molecule has 0 fully saturated rings. The number of aromatic hydroxyl groups is 1. The lowest BCUT2D eigenvalue weighted by Crippen LogP contribution is -2.60. The summed E-state index contributed by atoms with van der Waals surface area (Å²) >= 11 is 1.06. The van der Waals surface area contributed by atoms with Gasteiger partial charge in [-0.15, -0.1) is 11.3 Å². The van der Waals surface area contributed by atoms with Crippen molar-refractivity contribution >= 4 is 70.5 Å². The van der Waals surface area contributed by atoms with Gasteiger partial charge in [0.2, 0.25) is 29.5 Å². The van der Waals surface area contributed by atoms with Crippen LogP contribution >= 0.6 is 11.3 Å². The summed E-state index contributed by atoms with van der Waals surface area (Å²) in [4.78, 5) is 125. The monoisotopic (exact) mass is 1090 g/mol. The van der Waals surface area contributed by atoms with Crippen molar-refractivity contribution in [2.24, 2.45) is 17.8 Å². The van der Waals surface area contributed by atoms with E-state index in [4.69, 9.17) is 9.47 Å². The van der Waals surface area contributed by atoms with Crippen LogP contribution in [0.1, 0.15) is 128 Å². The molecule has 3 aromatic rings. The first-order valence-electron chi connectivity index (χ1n) is 25.6. The van der Waals surface area contributed by atoms with Gasteiger partial charge in [-0.25, -0.2) is 9.78 Å². The number of alkyl carbamates (subject to hydrolysis) is 1. The number of ether oxygens (including phenoxy) is 2. The number of rotatable bonds is 29. The Balaban J connectivity index is 1.71. The third-order valence-corrected chi connectivity index (χ3v) is 14.3. The molecule has 0 aliphatic heterocycles. The fourth-order valence-electron chi connectivity index (χ4n) is 7.81. The van der Waals surface area contributed by atoms with Crippen LogP contribution in [0, 0.1) is 17.8 Å². The highest BCUT2D eigenvalue weighted by Gasteiger charge is 2.39. The summed E-state index contributed by atoms with van der Waals surface area (Å²) in [6, 6.07) is 8.90. The molecule has 0 saturated heterocycles. The molecule has 0 spiro atoms. The van der Waals surface area contributed by atoms with Gasteiger partial charge >= 0.3 is 18.0 Å². The number of aliphatic carboxylic acids is 1. The Labute approximate surface area is 455 Å². The molecule has 1 aromatic heterocycles. The summed E-state index contributed by atoms with van der Waals surface area (Å²) in [6.45, 7) is 16.7. The average Bonchev–Trinajstić information content (AvgIpc) is 3.87. The predicted octanol–water partition coefficient (Wildman–Crippen LogP) is 4.91. The topological polar surface area (TPSA) is 304 Å². The van der Waals surface area contributed by atoms with Crippen LogP contribution < -0.4 is 31.9 Å². The number of likely N-dealkylation sites (N-methyl/N-ethyl adjacent to an activating group) is 2. The van der Waals surface area contributed by atoms with Crippen LogP contribution in [0.25, 0.3) is 0 Å². The Bertz CT molecular complexity index is 2520. The molecule has 0 bridgehead atoms. The lowest BCUT2D eigenvalue weighted by molar-refractivity contribution is -0.149. The van der Waals surface area contributed by atoms with Crippen molar-refractivity contribution in [3.63, 3.8) is 0 Å². The highest BCUT2D eigenvalue weighted by atomic mass is 32.1. The minimum atomic E-state index is -1.13. The van der Waals surface area contributed by atoms with Crippen molar-refractivity contribution in [3.8, 4) is 5.75 Å². The number of hydrogen-bond acceptors (Lipinski definition) is 15. The first-order valence-corrected chi connectivity index (χ1v) is 26.5. The molecule has 1 heterocycles. The normalized spacial score (nSPS) is 14.2. The Morgan fingerprint density at radius 3 is 2.06 bits per heavy atom. The third kappa shape index (κ3) is 20.1. The van der Waals surface area contributed by atoms with Gasteiger partial charge in [0.1, 0.15) is 41.2 Å². The zero-order chi connectivity index (χ0) is 57.9. The molecule has 22 nitrogen and oxygen atoms in total. The summed E-state index contributed by atoms with van der Waals surface area (Å²) in [5.41, 5.74) is 0.246. The standard InChI is InChI=1S/C54H79N9O13S/c1-14-32(6)46(60-52(73)54(9,10)62(11)12)51(72)63(13)40(30(2)3)26-42(76-34(8)64)50-59-39(29-77-50)48(70)57-37(21-23-44(67)68)24-36-20-22-41(65)38(25-36)58-43(66)27-55-47(69)33(7)56-49(71)45(31(4)5)61-53(74)75-28-35-18-16-15-17-19-35/h15-20,22,25,29-33,37,40,42,45-46,65H,14,21,23-24,26-28H2,1-13H3,(H,55,69)(H,56,71)(H,57,70)(H,58,66)(H,60,73)(H,61,74)(H,67,68)/t32-,33-,37+,40+,42+,45-,46-/m0/s1. The van der Waals surface area contributed by atoms with Crippen LogP contribution in [0.5, 0.6) is 5.75 Å².